The van der Waals surface area contributed by atoms with Crippen molar-refractivity contribution < 1.29 is 100 Å². The zero-order valence-electron chi connectivity index (χ0n) is 51.0. The summed E-state index contributed by atoms with van der Waals surface area (Å²) in [5.74, 6) is -1.63. The zero-order valence-corrected chi connectivity index (χ0v) is 61.7. The van der Waals surface area contributed by atoms with Crippen LogP contribution in [0.3, 0.4) is 0 Å². The van der Waals surface area contributed by atoms with E-state index >= 15 is 0 Å². The quantitative estimate of drug-likeness (QED) is 0.0321. The summed E-state index contributed by atoms with van der Waals surface area (Å²) >= 11 is 18.7. The first kappa shape index (κ1) is 88.0. The minimum absolute atomic E-state index is 0. The molecule has 0 spiro atoms. The van der Waals surface area contributed by atoms with E-state index in [1.165, 1.54) is 35.5 Å². The summed E-state index contributed by atoms with van der Waals surface area (Å²) < 4.78 is 57.2. The molecule has 1 aliphatic heterocycles. The van der Waals surface area contributed by atoms with Gasteiger partial charge in [0, 0.05) is 40.0 Å². The van der Waals surface area contributed by atoms with E-state index in [2.05, 4.69) is 110 Å². The van der Waals surface area contributed by atoms with Crippen LogP contribution in [-0.4, -0.2) is 103 Å². The van der Waals surface area contributed by atoms with Crippen LogP contribution in [0.2, 0.25) is 0 Å². The maximum absolute atomic E-state index is 12.0. The standard InChI is InChI=1S/C18H24BNO4.C12H12BrNO2.C10H8BrNO2.C9H8BrClO2.C9H9BrO3.CH3ClO2S.CN.CH4.Na/c1-16(2,11-20)13-8-12(15(21)22-7)9-14(10-13)19-23-17(3,4)18(5,6)24-19;1-12(2,7-14)9-4-8(11(15)16-3)5-10(13)6-9;1-12-6-7-3-8(10(13)14-2)5-9(11)4-7;2*1-13-9(12)7-2-6(5-11)3-8(10)4-7;1-5(2,3)4;1-2;;/h8-10H,1-7H3;4-6H,1-3H3;3-5H,6H2,2H3;2-4H,5H2,1H3;2-4,11H,5H2,1H3;1H3;;1H4;/q;;;;;;-1;;+1. The van der Waals surface area contributed by atoms with Crippen LogP contribution < -0.4 is 35.0 Å². The van der Waals surface area contributed by atoms with Gasteiger partial charge in [0.15, 0.2) is 0 Å². The number of hydrogen-bond donors (Lipinski definition) is 1. The second kappa shape index (κ2) is 41.3. The van der Waals surface area contributed by atoms with Gasteiger partial charge in [-0.3, -0.25) is 0 Å². The maximum atomic E-state index is 12.0. The van der Waals surface area contributed by atoms with Crippen molar-refractivity contribution in [2.75, 3.05) is 41.8 Å². The number of hydrogen-bond acceptors (Lipinski definition) is 18. The molecule has 6 rings (SSSR count). The molecule has 0 amide bonds. The molecule has 0 atom stereocenters. The molecule has 1 saturated heterocycles. The zero-order chi connectivity index (χ0) is 67.4. The fourth-order valence-corrected chi connectivity index (χ4v) is 8.96. The Labute approximate surface area is 588 Å². The van der Waals surface area contributed by atoms with E-state index < -0.39 is 62.1 Å². The van der Waals surface area contributed by atoms with Crippen LogP contribution in [0.5, 0.6) is 0 Å². The van der Waals surface area contributed by atoms with E-state index in [4.69, 9.17) is 54.4 Å². The molecule has 5 aromatic rings. The Bertz CT molecular complexity index is 3410. The van der Waals surface area contributed by atoms with Gasteiger partial charge in [0.1, 0.15) is 0 Å². The predicted octanol–water partition coefficient (Wildman–Crippen LogP) is 10.9. The van der Waals surface area contributed by atoms with Gasteiger partial charge in [0.25, 0.3) is 0 Å². The number of rotatable bonds is 11. The number of nitriles is 2. The average molecular weight is 1550 g/mol. The van der Waals surface area contributed by atoms with Crippen LogP contribution in [0, 0.1) is 41.1 Å². The van der Waals surface area contributed by atoms with Gasteiger partial charge in [-0.1, -0.05) is 77.2 Å². The molecule has 89 heavy (non-hydrogen) atoms. The Morgan fingerprint density at radius 1 is 0.584 bits per heavy atom. The molecule has 28 heteroatoms. The number of esters is 5. The summed E-state index contributed by atoms with van der Waals surface area (Å²) in [7, 11) is 7.37. The Morgan fingerprint density at radius 2 is 0.865 bits per heavy atom. The maximum Gasteiger partial charge on any atom is 1.00 e. The Balaban J connectivity index is -0.00000102. The number of halogens is 6. The summed E-state index contributed by atoms with van der Waals surface area (Å²) in [6.07, 6.45) is 0.925. The molecular formula is C61H68BBr4Cl2N4NaO15S. The van der Waals surface area contributed by atoms with Crippen molar-refractivity contribution in [3.63, 3.8) is 0 Å². The van der Waals surface area contributed by atoms with Crippen LogP contribution in [-0.2, 0) is 71.9 Å². The number of nitrogens with zero attached hydrogens (tertiary/aromatic N) is 4. The third kappa shape index (κ3) is 30.7. The summed E-state index contributed by atoms with van der Waals surface area (Å²) in [5.41, 5.74) is 4.44. The van der Waals surface area contributed by atoms with Crippen molar-refractivity contribution in [1.82, 2.24) is 0 Å². The number of aliphatic hydroxyl groups is 1. The summed E-state index contributed by atoms with van der Waals surface area (Å²) in [6, 6.07) is 30.3. The van der Waals surface area contributed by atoms with Gasteiger partial charge in [-0.2, -0.15) is 10.5 Å². The van der Waals surface area contributed by atoms with Gasteiger partial charge in [0.2, 0.25) is 15.6 Å². The van der Waals surface area contributed by atoms with E-state index in [0.717, 1.165) is 46.4 Å². The van der Waals surface area contributed by atoms with E-state index in [-0.39, 0.29) is 56.1 Å². The van der Waals surface area contributed by atoms with Crippen LogP contribution in [0.15, 0.2) is 109 Å². The van der Waals surface area contributed by atoms with E-state index in [1.54, 1.807) is 94.4 Å². The first-order valence-electron chi connectivity index (χ1n) is 24.9. The summed E-state index contributed by atoms with van der Waals surface area (Å²) in [5, 5.41) is 33.6. The van der Waals surface area contributed by atoms with Gasteiger partial charge in [-0.05, 0) is 168 Å². The molecule has 1 fully saturated rings. The van der Waals surface area contributed by atoms with Gasteiger partial charge in [-0.15, -0.1) is 11.6 Å². The largest absolute Gasteiger partial charge is 1.00 e. The average Bonchev–Trinajstić information content (AvgIpc) is 1.76. The molecule has 19 nitrogen and oxygen atoms in total. The normalized spacial score (nSPS) is 12.0. The van der Waals surface area contributed by atoms with Crippen molar-refractivity contribution in [3.05, 3.63) is 183 Å². The Kier molecular flexibility index (Phi) is 40.9. The fraction of sp³-hybridized carbons (Fsp3) is 0.361. The number of carbonyl (C=O) groups excluding carboxylic acids is 5. The first-order chi connectivity index (χ1) is 40.3. The molecule has 1 N–H and O–H groups in total. The smallest absolute Gasteiger partial charge is 0.512 e. The molecule has 0 aliphatic carbocycles. The van der Waals surface area contributed by atoms with Crippen LogP contribution in [0.4, 0.5) is 0 Å². The number of alkyl halides is 1. The Morgan fingerprint density at radius 3 is 1.18 bits per heavy atom. The van der Waals surface area contributed by atoms with E-state index in [1.807, 2.05) is 52.0 Å². The van der Waals surface area contributed by atoms with Crippen molar-refractivity contribution >= 4 is 137 Å². The van der Waals surface area contributed by atoms with Gasteiger partial charge in [0.05, 0.1) is 110 Å². The minimum Gasteiger partial charge on any atom is -0.512 e. The fourth-order valence-electron chi connectivity index (χ4n) is 6.69. The van der Waals surface area contributed by atoms with Crippen molar-refractivity contribution in [3.8, 4) is 12.1 Å². The second-order valence-corrected chi connectivity index (χ2v) is 26.9. The molecule has 0 saturated carbocycles. The molecule has 0 radical (unpaired) electrons. The second-order valence-electron chi connectivity index (χ2n) is 19.9. The molecule has 5 aromatic carbocycles. The van der Waals surface area contributed by atoms with E-state index in [0.29, 0.717) is 44.7 Å². The molecule has 474 valence electrons. The van der Waals surface area contributed by atoms with Gasteiger partial charge in [-0.25, -0.2) is 39.0 Å². The topological polar surface area (TPSA) is 280 Å². The van der Waals surface area contributed by atoms with Crippen LogP contribution in [0.1, 0.15) is 142 Å². The molecule has 1 aliphatic rings. The monoisotopic (exact) mass is 1550 g/mol. The number of ether oxygens (including phenoxy) is 5. The third-order valence-electron chi connectivity index (χ3n) is 12.0. The van der Waals surface area contributed by atoms with Crippen molar-refractivity contribution in [2.24, 2.45) is 0 Å². The molecule has 1 heterocycles. The number of benzene rings is 5. The predicted molar refractivity (Wildman–Crippen MR) is 351 cm³/mol. The summed E-state index contributed by atoms with van der Waals surface area (Å²) in [4.78, 5) is 60.1. The van der Waals surface area contributed by atoms with E-state index in [9.17, 15) is 37.7 Å². The number of aliphatic hydroxyl groups excluding tert-OH is 1. The first-order valence-corrected chi connectivity index (χ1v) is 31.3. The Hall–Kier alpha value is -5.20. The number of methoxy groups -OCH3 is 5. The van der Waals surface area contributed by atoms with Crippen molar-refractivity contribution in [2.45, 2.75) is 104 Å². The third-order valence-corrected chi connectivity index (χ3v) is 14.1. The van der Waals surface area contributed by atoms with Crippen LogP contribution in [0.25, 0.3) is 4.85 Å². The minimum atomic E-state index is -3.19. The van der Waals surface area contributed by atoms with Crippen molar-refractivity contribution in [1.29, 1.82) is 15.8 Å². The molecular weight excluding hydrogens is 1490 g/mol. The van der Waals surface area contributed by atoms with Crippen LogP contribution >= 0.6 is 86.0 Å². The molecule has 0 unspecified atom stereocenters. The molecule has 0 aromatic heterocycles. The van der Waals surface area contributed by atoms with Gasteiger partial charge >= 0.3 is 66.5 Å². The molecule has 0 bridgehead atoms. The summed E-state index contributed by atoms with van der Waals surface area (Å²) in [6.45, 7) is 26.7. The van der Waals surface area contributed by atoms with Gasteiger partial charge < -0.3 is 54.8 Å². The SMILES string of the molecule is C.COC(=O)c1cc(B2OC(C)(C)C(C)(C)O2)cc(C(C)(C)C#N)c1.COC(=O)c1cc(Br)cc(C(C)(C)C#N)c1.COC(=O)c1cc(Br)cc(CCl)c1.COC(=O)c1cc(Br)cc(CO)c1.CS(=O)(=O)Cl.[C-]#N.[C-]#[N+]Cc1cc(Br)cc(C(=O)OC)c1.[Na+]. The number of carbonyl (C=O) groups is 5.